The van der Waals surface area contributed by atoms with Gasteiger partial charge in [-0.2, -0.15) is 0 Å². The zero-order valence-electron chi connectivity index (χ0n) is 16.1. The largest absolute Gasteiger partial charge is 0.441 e. The van der Waals surface area contributed by atoms with Gasteiger partial charge in [0.05, 0.1) is 5.69 Å². The molecule has 0 bridgehead atoms. The first-order valence-corrected chi connectivity index (χ1v) is 9.49. The minimum Gasteiger partial charge on any atom is -0.441 e. The molecule has 146 valence electrons. The molecule has 2 heterocycles. The van der Waals surface area contributed by atoms with Crippen LogP contribution in [-0.4, -0.2) is 28.8 Å². The summed E-state index contributed by atoms with van der Waals surface area (Å²) >= 11 is 0. The summed E-state index contributed by atoms with van der Waals surface area (Å²) in [7, 11) is 0. The van der Waals surface area contributed by atoms with Crippen molar-refractivity contribution in [2.24, 2.45) is 11.8 Å². The molecule has 1 saturated heterocycles. The third-order valence-electron chi connectivity index (χ3n) is 4.95. The van der Waals surface area contributed by atoms with Crippen molar-refractivity contribution < 1.29 is 18.0 Å². The molecule has 0 aliphatic carbocycles. The molecule has 1 aromatic carbocycles. The SMILES string of the molecule is Cc1oc(-c2cc(F)cc(F)c2)nc1CN1CCC[C@H](C(=O)CC(C)C)C1. The molecule has 0 unspecified atom stereocenters. The van der Waals surface area contributed by atoms with Crippen molar-refractivity contribution in [3.05, 3.63) is 41.3 Å². The highest BCUT2D eigenvalue weighted by Gasteiger charge is 2.27. The number of benzene rings is 1. The first-order chi connectivity index (χ1) is 12.8. The Labute approximate surface area is 158 Å². The normalized spacial score (nSPS) is 18.2. The number of rotatable bonds is 6. The Balaban J connectivity index is 1.70. The lowest BCUT2D eigenvalue weighted by Crippen LogP contribution is -2.38. The molecule has 0 N–H and O–H groups in total. The van der Waals surface area contributed by atoms with Gasteiger partial charge in [0.1, 0.15) is 23.2 Å². The zero-order valence-corrected chi connectivity index (χ0v) is 16.1. The summed E-state index contributed by atoms with van der Waals surface area (Å²) in [6.07, 6.45) is 2.54. The Morgan fingerprint density at radius 3 is 2.67 bits per heavy atom. The Morgan fingerprint density at radius 2 is 2.00 bits per heavy atom. The van der Waals surface area contributed by atoms with Gasteiger partial charge in [-0.25, -0.2) is 13.8 Å². The fourth-order valence-corrected chi connectivity index (χ4v) is 3.62. The number of Topliss-reactive ketones (excluding diaryl/α,β-unsaturated/α-hetero) is 1. The molecule has 0 spiro atoms. The van der Waals surface area contributed by atoms with Gasteiger partial charge >= 0.3 is 0 Å². The summed E-state index contributed by atoms with van der Waals surface area (Å²) in [5.41, 5.74) is 1.03. The van der Waals surface area contributed by atoms with E-state index in [9.17, 15) is 13.6 Å². The highest BCUT2D eigenvalue weighted by molar-refractivity contribution is 5.81. The van der Waals surface area contributed by atoms with Crippen LogP contribution in [0.3, 0.4) is 0 Å². The van der Waals surface area contributed by atoms with Crippen LogP contribution < -0.4 is 0 Å². The first kappa shape index (κ1) is 19.7. The Morgan fingerprint density at radius 1 is 1.30 bits per heavy atom. The number of aryl methyl sites for hydroxylation is 1. The second-order valence-electron chi connectivity index (χ2n) is 7.82. The van der Waals surface area contributed by atoms with E-state index < -0.39 is 11.6 Å². The highest BCUT2D eigenvalue weighted by atomic mass is 19.1. The van der Waals surface area contributed by atoms with Crippen molar-refractivity contribution >= 4 is 5.78 Å². The highest BCUT2D eigenvalue weighted by Crippen LogP contribution is 2.26. The van der Waals surface area contributed by atoms with Crippen LogP contribution in [0.4, 0.5) is 8.78 Å². The molecule has 1 fully saturated rings. The topological polar surface area (TPSA) is 46.3 Å². The molecule has 6 heteroatoms. The van der Waals surface area contributed by atoms with Crippen molar-refractivity contribution in [3.63, 3.8) is 0 Å². The van der Waals surface area contributed by atoms with E-state index in [-0.39, 0.29) is 17.4 Å². The van der Waals surface area contributed by atoms with Gasteiger partial charge in [-0.05, 0) is 44.4 Å². The van der Waals surface area contributed by atoms with Crippen molar-refractivity contribution in [1.82, 2.24) is 9.88 Å². The van der Waals surface area contributed by atoms with Crippen molar-refractivity contribution in [2.45, 2.75) is 46.6 Å². The minimum absolute atomic E-state index is 0.0742. The maximum atomic E-state index is 13.5. The van der Waals surface area contributed by atoms with Crippen LogP contribution >= 0.6 is 0 Å². The fraction of sp³-hybridized carbons (Fsp3) is 0.524. The van der Waals surface area contributed by atoms with E-state index >= 15 is 0 Å². The lowest BCUT2D eigenvalue weighted by Gasteiger charge is -2.31. The quantitative estimate of drug-likeness (QED) is 0.730. The maximum absolute atomic E-state index is 13.5. The molecule has 3 rings (SSSR count). The Kier molecular flexibility index (Phi) is 6.05. The summed E-state index contributed by atoms with van der Waals surface area (Å²) < 4.78 is 32.5. The smallest absolute Gasteiger partial charge is 0.226 e. The van der Waals surface area contributed by atoms with E-state index in [2.05, 4.69) is 23.7 Å². The Bertz CT molecular complexity index is 796. The van der Waals surface area contributed by atoms with Gasteiger partial charge in [-0.1, -0.05) is 13.8 Å². The number of halogens is 2. The van der Waals surface area contributed by atoms with Gasteiger partial charge in [0.2, 0.25) is 5.89 Å². The number of oxazole rings is 1. The molecule has 4 nitrogen and oxygen atoms in total. The van der Waals surface area contributed by atoms with Gasteiger partial charge in [-0.3, -0.25) is 9.69 Å². The van der Waals surface area contributed by atoms with Gasteiger partial charge in [0, 0.05) is 37.1 Å². The number of likely N-dealkylation sites (tertiary alicyclic amines) is 1. The van der Waals surface area contributed by atoms with Gasteiger partial charge < -0.3 is 4.42 Å². The van der Waals surface area contributed by atoms with Crippen LogP contribution in [0.2, 0.25) is 0 Å². The lowest BCUT2D eigenvalue weighted by atomic mass is 9.89. The van der Waals surface area contributed by atoms with Crippen LogP contribution in [0.5, 0.6) is 0 Å². The van der Waals surface area contributed by atoms with E-state index in [0.717, 1.165) is 37.7 Å². The molecule has 1 aromatic heterocycles. The van der Waals surface area contributed by atoms with Crippen molar-refractivity contribution in [3.8, 4) is 11.5 Å². The van der Waals surface area contributed by atoms with E-state index in [1.807, 2.05) is 0 Å². The summed E-state index contributed by atoms with van der Waals surface area (Å²) in [5, 5.41) is 0. The molecular weight excluding hydrogens is 350 g/mol. The molecule has 1 atom stereocenters. The molecule has 0 radical (unpaired) electrons. The number of piperidine rings is 1. The van der Waals surface area contributed by atoms with Crippen LogP contribution in [0.15, 0.2) is 22.6 Å². The average molecular weight is 376 g/mol. The summed E-state index contributed by atoms with van der Waals surface area (Å²) in [4.78, 5) is 19.1. The predicted octanol–water partition coefficient (Wildman–Crippen LogP) is 4.76. The number of ketones is 1. The number of carbonyl (C=O) groups excluding carboxylic acids is 1. The predicted molar refractivity (Wildman–Crippen MR) is 99.1 cm³/mol. The fourth-order valence-electron chi connectivity index (χ4n) is 3.62. The van der Waals surface area contributed by atoms with Gasteiger partial charge in [0.15, 0.2) is 0 Å². The molecule has 1 aliphatic heterocycles. The first-order valence-electron chi connectivity index (χ1n) is 9.49. The number of nitrogens with zero attached hydrogens (tertiary/aromatic N) is 2. The molecule has 1 aliphatic rings. The minimum atomic E-state index is -0.662. The van der Waals surface area contributed by atoms with E-state index in [1.54, 1.807) is 6.92 Å². The Hall–Kier alpha value is -2.08. The van der Waals surface area contributed by atoms with Crippen LogP contribution in [-0.2, 0) is 11.3 Å². The van der Waals surface area contributed by atoms with E-state index in [0.29, 0.717) is 30.4 Å². The monoisotopic (exact) mass is 376 g/mol. The van der Waals surface area contributed by atoms with Gasteiger partial charge in [0.25, 0.3) is 0 Å². The summed E-state index contributed by atoms with van der Waals surface area (Å²) in [5.74, 6) is 0.304. The zero-order chi connectivity index (χ0) is 19.6. The van der Waals surface area contributed by atoms with Gasteiger partial charge in [-0.15, -0.1) is 0 Å². The third kappa shape index (κ3) is 5.01. The number of aromatic nitrogens is 1. The number of carbonyl (C=O) groups is 1. The summed E-state index contributed by atoms with van der Waals surface area (Å²) in [6, 6.07) is 3.24. The lowest BCUT2D eigenvalue weighted by molar-refractivity contribution is -0.125. The third-order valence-corrected chi connectivity index (χ3v) is 4.95. The van der Waals surface area contributed by atoms with Crippen LogP contribution in [0.25, 0.3) is 11.5 Å². The standard InChI is InChI=1S/C21H26F2N2O2/c1-13(2)7-20(26)15-5-4-6-25(11-15)12-19-14(3)27-21(24-19)16-8-17(22)10-18(23)9-16/h8-10,13,15H,4-7,11-12H2,1-3H3/t15-/m0/s1. The second kappa shape index (κ2) is 8.30. The average Bonchev–Trinajstić information content (AvgIpc) is 2.94. The van der Waals surface area contributed by atoms with Crippen molar-refractivity contribution in [2.75, 3.05) is 13.1 Å². The maximum Gasteiger partial charge on any atom is 0.226 e. The second-order valence-corrected chi connectivity index (χ2v) is 7.82. The summed E-state index contributed by atoms with van der Waals surface area (Å²) in [6.45, 7) is 8.12. The van der Waals surface area contributed by atoms with Crippen LogP contribution in [0, 0.1) is 30.4 Å². The molecular formula is C21H26F2N2O2. The molecule has 0 saturated carbocycles. The van der Waals surface area contributed by atoms with Crippen molar-refractivity contribution in [1.29, 1.82) is 0 Å². The number of hydrogen-bond donors (Lipinski definition) is 0. The molecule has 2 aromatic rings. The van der Waals surface area contributed by atoms with E-state index in [4.69, 9.17) is 4.42 Å². The molecule has 27 heavy (non-hydrogen) atoms. The number of hydrogen-bond acceptors (Lipinski definition) is 4. The molecule has 0 amide bonds. The van der Waals surface area contributed by atoms with E-state index in [1.165, 1.54) is 12.1 Å². The van der Waals surface area contributed by atoms with Crippen LogP contribution in [0.1, 0.15) is 44.6 Å².